The molecule has 0 amide bonds. The fourth-order valence-electron chi connectivity index (χ4n) is 1.94. The highest BCUT2D eigenvalue weighted by Crippen LogP contribution is 2.32. The molecule has 88 valence electrons. The van der Waals surface area contributed by atoms with Gasteiger partial charge < -0.3 is 14.8 Å². The number of nitrogens with one attached hydrogen (secondary N) is 1. The van der Waals surface area contributed by atoms with E-state index in [9.17, 15) is 0 Å². The molecule has 2 unspecified atom stereocenters. The second-order valence-electron chi connectivity index (χ2n) is 4.25. The Morgan fingerprint density at radius 1 is 1.50 bits per heavy atom. The lowest BCUT2D eigenvalue weighted by Gasteiger charge is -2.13. The Morgan fingerprint density at radius 2 is 2.31 bits per heavy atom. The largest absolute Gasteiger partial charge is 0.493 e. The average Bonchev–Trinajstić information content (AvgIpc) is 2.73. The van der Waals surface area contributed by atoms with Gasteiger partial charge in [-0.05, 0) is 13.0 Å². The summed E-state index contributed by atoms with van der Waals surface area (Å²) in [4.78, 5) is 0. The third-order valence-corrected chi connectivity index (χ3v) is 3.02. The summed E-state index contributed by atoms with van der Waals surface area (Å²) in [6.07, 6.45) is 0.262. The molecule has 0 fully saturated rings. The van der Waals surface area contributed by atoms with E-state index >= 15 is 0 Å². The number of ether oxygens (including phenoxy) is 2. The summed E-state index contributed by atoms with van der Waals surface area (Å²) < 4.78 is 10.8. The Morgan fingerprint density at radius 3 is 3.12 bits per heavy atom. The highest BCUT2D eigenvalue weighted by Gasteiger charge is 2.22. The van der Waals surface area contributed by atoms with Crippen molar-refractivity contribution in [2.75, 3.05) is 26.8 Å². The molecule has 0 aromatic heterocycles. The van der Waals surface area contributed by atoms with Crippen LogP contribution in [0.2, 0.25) is 0 Å². The van der Waals surface area contributed by atoms with Crippen LogP contribution in [-0.2, 0) is 4.74 Å². The lowest BCUT2D eigenvalue weighted by atomic mass is 10.0. The minimum absolute atomic E-state index is 0.262. The fraction of sp³-hybridized carbons (Fsp3) is 0.538. The maximum Gasteiger partial charge on any atom is 0.122 e. The number of para-hydroxylation sites is 1. The van der Waals surface area contributed by atoms with E-state index in [1.807, 2.05) is 12.1 Å². The van der Waals surface area contributed by atoms with E-state index in [-0.39, 0.29) is 6.10 Å². The molecule has 2 rings (SSSR count). The molecule has 16 heavy (non-hydrogen) atoms. The topological polar surface area (TPSA) is 30.5 Å². The molecule has 3 nitrogen and oxygen atoms in total. The lowest BCUT2D eigenvalue weighted by Crippen LogP contribution is -2.30. The Bertz CT molecular complexity index is 340. The van der Waals surface area contributed by atoms with Gasteiger partial charge in [-0.3, -0.25) is 0 Å². The van der Waals surface area contributed by atoms with E-state index in [0.29, 0.717) is 5.92 Å². The van der Waals surface area contributed by atoms with Gasteiger partial charge in [0.15, 0.2) is 0 Å². The highest BCUT2D eigenvalue weighted by molar-refractivity contribution is 5.39. The quantitative estimate of drug-likeness (QED) is 0.822. The number of benzene rings is 1. The Balaban J connectivity index is 1.84. The van der Waals surface area contributed by atoms with E-state index < -0.39 is 0 Å². The van der Waals surface area contributed by atoms with Gasteiger partial charge in [0, 0.05) is 31.7 Å². The van der Waals surface area contributed by atoms with E-state index in [1.54, 1.807) is 7.11 Å². The number of fused-ring (bicyclic) bond motifs is 1. The van der Waals surface area contributed by atoms with Gasteiger partial charge in [-0.1, -0.05) is 18.2 Å². The zero-order valence-electron chi connectivity index (χ0n) is 9.90. The maximum atomic E-state index is 5.62. The van der Waals surface area contributed by atoms with Gasteiger partial charge in [0.1, 0.15) is 5.75 Å². The number of rotatable bonds is 5. The number of hydrogen-bond acceptors (Lipinski definition) is 3. The van der Waals surface area contributed by atoms with Gasteiger partial charge in [0.2, 0.25) is 0 Å². The molecule has 0 spiro atoms. The molecule has 0 aliphatic carbocycles. The van der Waals surface area contributed by atoms with Crippen LogP contribution >= 0.6 is 0 Å². The molecule has 1 aromatic rings. The summed E-state index contributed by atoms with van der Waals surface area (Å²) in [5.41, 5.74) is 1.32. The van der Waals surface area contributed by atoms with E-state index in [2.05, 4.69) is 24.4 Å². The summed E-state index contributed by atoms with van der Waals surface area (Å²) in [7, 11) is 1.74. The second-order valence-corrected chi connectivity index (χ2v) is 4.25. The molecule has 1 N–H and O–H groups in total. The molecular weight excluding hydrogens is 202 g/mol. The van der Waals surface area contributed by atoms with Crippen LogP contribution in [0.4, 0.5) is 0 Å². The Kier molecular flexibility index (Phi) is 3.80. The summed E-state index contributed by atoms with van der Waals surface area (Å²) in [6, 6.07) is 8.27. The molecule has 1 aromatic carbocycles. The van der Waals surface area contributed by atoms with Crippen molar-refractivity contribution in [2.24, 2.45) is 0 Å². The van der Waals surface area contributed by atoms with Crippen LogP contribution in [0.5, 0.6) is 5.75 Å². The van der Waals surface area contributed by atoms with Crippen molar-refractivity contribution in [1.82, 2.24) is 5.32 Å². The van der Waals surface area contributed by atoms with Crippen LogP contribution in [0.3, 0.4) is 0 Å². The van der Waals surface area contributed by atoms with Gasteiger partial charge >= 0.3 is 0 Å². The minimum atomic E-state index is 0.262. The van der Waals surface area contributed by atoms with Gasteiger partial charge in [0.05, 0.1) is 12.7 Å². The van der Waals surface area contributed by atoms with Crippen molar-refractivity contribution in [1.29, 1.82) is 0 Å². The average molecular weight is 221 g/mol. The van der Waals surface area contributed by atoms with Crippen molar-refractivity contribution in [3.05, 3.63) is 29.8 Å². The minimum Gasteiger partial charge on any atom is -0.493 e. The van der Waals surface area contributed by atoms with Crippen molar-refractivity contribution < 1.29 is 9.47 Å². The first kappa shape index (κ1) is 11.4. The van der Waals surface area contributed by atoms with E-state index in [1.165, 1.54) is 5.56 Å². The molecule has 2 atom stereocenters. The summed E-state index contributed by atoms with van der Waals surface area (Å²) in [6.45, 7) is 4.68. The third kappa shape index (κ3) is 2.54. The van der Waals surface area contributed by atoms with Crippen molar-refractivity contribution >= 4 is 0 Å². The number of methoxy groups -OCH3 is 1. The smallest absolute Gasteiger partial charge is 0.122 e. The molecule has 1 heterocycles. The van der Waals surface area contributed by atoms with E-state index in [0.717, 1.165) is 25.4 Å². The van der Waals surface area contributed by atoms with Crippen molar-refractivity contribution in [3.8, 4) is 5.75 Å². The molecule has 0 radical (unpaired) electrons. The van der Waals surface area contributed by atoms with Crippen molar-refractivity contribution in [3.63, 3.8) is 0 Å². The van der Waals surface area contributed by atoms with Crippen LogP contribution < -0.4 is 10.1 Å². The van der Waals surface area contributed by atoms with Gasteiger partial charge in [-0.15, -0.1) is 0 Å². The third-order valence-electron chi connectivity index (χ3n) is 3.02. The monoisotopic (exact) mass is 221 g/mol. The molecule has 0 saturated heterocycles. The van der Waals surface area contributed by atoms with Crippen molar-refractivity contribution in [2.45, 2.75) is 18.9 Å². The van der Waals surface area contributed by atoms with Crippen LogP contribution in [0, 0.1) is 0 Å². The first-order chi connectivity index (χ1) is 7.81. The fourth-order valence-corrected chi connectivity index (χ4v) is 1.94. The number of hydrogen-bond donors (Lipinski definition) is 1. The SMILES string of the molecule is COC(C)CNCC1COc2ccccc21. The molecule has 0 saturated carbocycles. The molecule has 0 bridgehead atoms. The molecular formula is C13H19NO2. The van der Waals surface area contributed by atoms with Crippen LogP contribution in [0.1, 0.15) is 18.4 Å². The maximum absolute atomic E-state index is 5.62. The first-order valence-electron chi connectivity index (χ1n) is 5.76. The Labute approximate surface area is 96.8 Å². The Hall–Kier alpha value is -1.06. The van der Waals surface area contributed by atoms with Crippen LogP contribution in [0.15, 0.2) is 24.3 Å². The summed E-state index contributed by atoms with van der Waals surface area (Å²) >= 11 is 0. The normalized spacial score (nSPS) is 20.2. The van der Waals surface area contributed by atoms with Gasteiger partial charge in [0.25, 0.3) is 0 Å². The van der Waals surface area contributed by atoms with E-state index in [4.69, 9.17) is 9.47 Å². The van der Waals surface area contributed by atoms with Gasteiger partial charge in [-0.2, -0.15) is 0 Å². The zero-order chi connectivity index (χ0) is 11.4. The molecule has 1 aliphatic rings. The van der Waals surface area contributed by atoms with Gasteiger partial charge in [-0.25, -0.2) is 0 Å². The van der Waals surface area contributed by atoms with Crippen LogP contribution in [-0.4, -0.2) is 32.9 Å². The summed E-state index contributed by atoms with van der Waals surface area (Å²) in [5, 5.41) is 3.41. The zero-order valence-corrected chi connectivity index (χ0v) is 9.90. The predicted molar refractivity (Wildman–Crippen MR) is 64.0 cm³/mol. The molecule has 1 aliphatic heterocycles. The van der Waals surface area contributed by atoms with Crippen LogP contribution in [0.25, 0.3) is 0 Å². The molecule has 3 heteroatoms. The summed E-state index contributed by atoms with van der Waals surface area (Å²) in [5.74, 6) is 1.51. The lowest BCUT2D eigenvalue weighted by molar-refractivity contribution is 0.116. The first-order valence-corrected chi connectivity index (χ1v) is 5.76. The predicted octanol–water partition coefficient (Wildman–Crippen LogP) is 1.79. The highest BCUT2D eigenvalue weighted by atomic mass is 16.5. The standard InChI is InChI=1S/C13H19NO2/c1-10(15-2)7-14-8-11-9-16-13-6-4-3-5-12(11)13/h3-6,10-11,14H,7-9H2,1-2H3. The second kappa shape index (κ2) is 5.32.